The Labute approximate surface area is 291 Å². The van der Waals surface area contributed by atoms with E-state index in [0.717, 1.165) is 24.0 Å². The van der Waals surface area contributed by atoms with Crippen molar-refractivity contribution < 1.29 is 103 Å². The zero-order chi connectivity index (χ0) is 31.7. The van der Waals surface area contributed by atoms with Crippen LogP contribution in [0, 0.1) is 0 Å². The van der Waals surface area contributed by atoms with E-state index in [1.807, 2.05) is 48.8 Å². The number of aliphatic carboxylic acids is 1. The van der Waals surface area contributed by atoms with E-state index < -0.39 is 34.5 Å². The van der Waals surface area contributed by atoms with E-state index in [1.165, 1.54) is 21.3 Å². The number of carbonyl (C=O) groups is 2. The number of aromatic nitrogens is 4. The molecule has 0 fully saturated rings. The molecule has 0 saturated heterocycles. The minimum absolute atomic E-state index is 0. The van der Waals surface area contributed by atoms with Crippen molar-refractivity contribution in [2.45, 2.75) is 12.2 Å². The molecule has 2 aromatic carbocycles. The second-order valence-corrected chi connectivity index (χ2v) is 8.50. The summed E-state index contributed by atoms with van der Waals surface area (Å²) in [5.74, 6) is -1.66. The van der Waals surface area contributed by atoms with Crippen molar-refractivity contribution in [3.05, 3.63) is 96.6 Å². The number of aliphatic hydroxyl groups is 1. The number of carboxylic acid groups (broad SMARTS) is 1. The summed E-state index contributed by atoms with van der Waals surface area (Å²) in [6, 6.07) is 18.0. The topological polar surface area (TPSA) is 215 Å². The summed E-state index contributed by atoms with van der Waals surface area (Å²) in [6.07, 6.45) is 5.31. The fourth-order valence-corrected chi connectivity index (χ4v) is 3.29. The number of esters is 1. The van der Waals surface area contributed by atoms with Gasteiger partial charge in [-0.25, -0.2) is 14.2 Å². The smallest absolute Gasteiger partial charge is 0.547 e. The second-order valence-electron chi connectivity index (χ2n) is 7.61. The van der Waals surface area contributed by atoms with Gasteiger partial charge in [-0.2, -0.15) is 18.6 Å². The Morgan fingerprint density at radius 1 is 0.767 bits per heavy atom. The van der Waals surface area contributed by atoms with Crippen LogP contribution in [0.3, 0.4) is 0 Å². The third kappa shape index (κ3) is 14.5. The number of carboxylic acids is 1. The van der Waals surface area contributed by atoms with Gasteiger partial charge in [-0.15, -0.1) is 0 Å². The molecule has 0 aliphatic rings. The molecule has 43 heavy (non-hydrogen) atoms. The number of methoxy groups -OCH3 is 3. The molecule has 2 heterocycles. The van der Waals surface area contributed by atoms with Gasteiger partial charge in [0.25, 0.3) is 0 Å². The Morgan fingerprint density at radius 2 is 1.12 bits per heavy atom. The molecule has 17 heteroatoms. The van der Waals surface area contributed by atoms with Gasteiger partial charge in [0.15, 0.2) is 6.10 Å². The number of carbonyl (C=O) groups excluding carboxylic acids is 2. The summed E-state index contributed by atoms with van der Waals surface area (Å²) in [4.78, 5) is 22.3. The van der Waals surface area contributed by atoms with Crippen molar-refractivity contribution in [1.82, 2.24) is 19.6 Å². The SMILES string of the molecule is CO.COC(=O)C(OC)c1ccc(-n2cccn2)cc1.COC(C(=O)[O-])c1ccc(-n2cccn2)cc1.O=S(=O)(O)O.[K+]. The van der Waals surface area contributed by atoms with Gasteiger partial charge < -0.3 is 29.2 Å². The molecule has 2 atom stereocenters. The molecule has 15 nitrogen and oxygen atoms in total. The van der Waals surface area contributed by atoms with Gasteiger partial charge in [-0.1, -0.05) is 24.3 Å². The molecule has 0 bridgehead atoms. The molecule has 2 unspecified atom stereocenters. The first-order valence-electron chi connectivity index (χ1n) is 11.7. The van der Waals surface area contributed by atoms with Gasteiger partial charge in [-0.3, -0.25) is 9.11 Å². The van der Waals surface area contributed by atoms with Crippen LogP contribution in [0.2, 0.25) is 0 Å². The third-order valence-corrected chi connectivity index (χ3v) is 5.03. The molecule has 2 aromatic heterocycles. The van der Waals surface area contributed by atoms with Crippen LogP contribution in [-0.2, 0) is 34.2 Å². The fourth-order valence-electron chi connectivity index (χ4n) is 3.29. The van der Waals surface area contributed by atoms with Crippen molar-refractivity contribution in [3.63, 3.8) is 0 Å². The molecular formula is C26H31KN4O11S. The first-order valence-corrected chi connectivity index (χ1v) is 13.1. The largest absolute Gasteiger partial charge is 1.00 e. The van der Waals surface area contributed by atoms with Crippen LogP contribution in [0.4, 0.5) is 0 Å². The predicted octanol–water partition coefficient (Wildman–Crippen LogP) is -2.00. The maximum atomic E-state index is 11.5. The molecule has 0 amide bonds. The van der Waals surface area contributed by atoms with Crippen molar-refractivity contribution in [2.75, 3.05) is 28.4 Å². The van der Waals surface area contributed by atoms with E-state index in [4.69, 9.17) is 32.1 Å². The zero-order valence-corrected chi connectivity index (χ0v) is 28.0. The van der Waals surface area contributed by atoms with Gasteiger partial charge >= 0.3 is 67.8 Å². The average molecular weight is 647 g/mol. The quantitative estimate of drug-likeness (QED) is 0.107. The van der Waals surface area contributed by atoms with E-state index in [0.29, 0.717) is 5.56 Å². The molecule has 4 aromatic rings. The number of nitrogens with zero attached hydrogens (tertiary/aromatic N) is 4. The number of rotatable bonds is 8. The Bertz CT molecular complexity index is 1430. The fraction of sp³-hybridized carbons (Fsp3) is 0.231. The standard InChI is InChI=1S/C13H14N2O3.C12H12N2O3.CH4O.K.H2O4S/c1-17-12(13(16)18-2)10-4-6-11(7-5-10)15-9-3-8-14-15;1-17-11(12(15)16)9-3-5-10(6-4-9)14-8-2-7-13-14;1-2;;1-5(2,3)4/h3-9,12H,1-2H3;2-8,11H,1H3,(H,15,16);2H,1H3;;(H2,1,2,3,4)/q;;;+1;/p-1. The van der Waals surface area contributed by atoms with Crippen LogP contribution in [0.5, 0.6) is 0 Å². The third-order valence-electron chi connectivity index (χ3n) is 5.03. The number of benzene rings is 2. The van der Waals surface area contributed by atoms with Crippen molar-refractivity contribution in [1.29, 1.82) is 0 Å². The van der Waals surface area contributed by atoms with Crippen LogP contribution in [0.15, 0.2) is 85.5 Å². The average Bonchev–Trinajstić information content (AvgIpc) is 3.70. The molecule has 0 saturated carbocycles. The monoisotopic (exact) mass is 646 g/mol. The molecule has 0 spiro atoms. The van der Waals surface area contributed by atoms with Gasteiger partial charge in [0.1, 0.15) is 6.10 Å². The van der Waals surface area contributed by atoms with E-state index in [1.54, 1.807) is 46.0 Å². The summed E-state index contributed by atoms with van der Waals surface area (Å²) in [7, 11) is 0.483. The number of aliphatic hydroxyl groups excluding tert-OH is 1. The number of hydrogen-bond acceptors (Lipinski definition) is 11. The zero-order valence-electron chi connectivity index (χ0n) is 24.0. The van der Waals surface area contributed by atoms with Gasteiger partial charge in [0, 0.05) is 46.1 Å². The minimum atomic E-state index is -4.67. The van der Waals surface area contributed by atoms with E-state index in [9.17, 15) is 14.7 Å². The summed E-state index contributed by atoms with van der Waals surface area (Å²) in [6.45, 7) is 0. The Morgan fingerprint density at radius 3 is 1.37 bits per heavy atom. The van der Waals surface area contributed by atoms with Gasteiger partial charge in [0.05, 0.1) is 24.5 Å². The normalized spacial score (nSPS) is 11.4. The maximum absolute atomic E-state index is 11.5. The summed E-state index contributed by atoms with van der Waals surface area (Å²) < 4.78 is 49.7. The number of ether oxygens (including phenoxy) is 3. The first kappa shape index (κ1) is 40.2. The molecule has 0 radical (unpaired) electrons. The molecule has 3 N–H and O–H groups in total. The van der Waals surface area contributed by atoms with Crippen molar-refractivity contribution in [3.8, 4) is 11.4 Å². The first-order chi connectivity index (χ1) is 20.0. The Hall–Kier alpha value is -2.81. The van der Waals surface area contributed by atoms with E-state index >= 15 is 0 Å². The molecule has 4 rings (SSSR count). The Balaban J connectivity index is 0.000000664. The van der Waals surface area contributed by atoms with Crippen LogP contribution >= 0.6 is 0 Å². The molecule has 0 aliphatic heterocycles. The predicted molar refractivity (Wildman–Crippen MR) is 146 cm³/mol. The van der Waals surface area contributed by atoms with Gasteiger partial charge in [-0.05, 0) is 47.5 Å². The van der Waals surface area contributed by atoms with Crippen molar-refractivity contribution >= 4 is 22.3 Å². The van der Waals surface area contributed by atoms with Crippen LogP contribution < -0.4 is 56.5 Å². The van der Waals surface area contributed by atoms with Crippen LogP contribution in [-0.4, -0.2) is 82.6 Å². The maximum Gasteiger partial charge on any atom is 1.00 e. The Kier molecular flexibility index (Phi) is 19.6. The van der Waals surface area contributed by atoms with Crippen molar-refractivity contribution in [2.24, 2.45) is 0 Å². The van der Waals surface area contributed by atoms with Gasteiger partial charge in [0.2, 0.25) is 0 Å². The summed E-state index contributed by atoms with van der Waals surface area (Å²) in [5, 5.41) is 26.0. The molecule has 0 aliphatic carbocycles. The van der Waals surface area contributed by atoms with Crippen LogP contribution in [0.1, 0.15) is 23.3 Å². The molecular weight excluding hydrogens is 615 g/mol. The summed E-state index contributed by atoms with van der Waals surface area (Å²) >= 11 is 0. The minimum Gasteiger partial charge on any atom is -0.547 e. The van der Waals surface area contributed by atoms with E-state index in [-0.39, 0.29) is 51.4 Å². The molecule has 228 valence electrons. The number of hydrogen-bond donors (Lipinski definition) is 3. The second kappa shape index (κ2) is 21.0. The van der Waals surface area contributed by atoms with Crippen LogP contribution in [0.25, 0.3) is 11.4 Å². The van der Waals surface area contributed by atoms with E-state index in [2.05, 4.69) is 14.9 Å². The summed E-state index contributed by atoms with van der Waals surface area (Å²) in [5.41, 5.74) is 3.07.